The van der Waals surface area contributed by atoms with E-state index in [-0.39, 0.29) is 0 Å². The molecule has 110 valence electrons. The maximum atomic E-state index is 11.8. The van der Waals surface area contributed by atoms with Gasteiger partial charge in [0.1, 0.15) is 12.4 Å². The van der Waals surface area contributed by atoms with Crippen molar-refractivity contribution in [2.45, 2.75) is 20.5 Å². The van der Waals surface area contributed by atoms with E-state index in [1.165, 1.54) is 0 Å². The zero-order valence-electron chi connectivity index (χ0n) is 12.1. The summed E-state index contributed by atoms with van der Waals surface area (Å²) in [5.41, 5.74) is 2.28. The zero-order chi connectivity index (χ0) is 15.2. The van der Waals surface area contributed by atoms with Gasteiger partial charge in [0.05, 0.1) is 17.2 Å². The molecule has 3 nitrogen and oxygen atoms in total. The summed E-state index contributed by atoms with van der Waals surface area (Å²) in [6.45, 7) is 4.41. The van der Waals surface area contributed by atoms with Gasteiger partial charge in [-0.05, 0) is 37.1 Å². The van der Waals surface area contributed by atoms with Crippen LogP contribution in [0.4, 0.5) is 0 Å². The molecule has 0 aliphatic carbocycles. The standard InChI is InChI=1S/C17H17ClO3/c1-3-20-17(19)14-9-12(2)16(10-15(14)18)21-11-13-7-5-4-6-8-13/h4-10H,3,11H2,1-2H3. The number of aryl methyl sites for hydroxylation is 1. The molecule has 2 aromatic carbocycles. The van der Waals surface area contributed by atoms with Crippen LogP contribution in [-0.2, 0) is 11.3 Å². The SMILES string of the molecule is CCOC(=O)c1cc(C)c(OCc2ccccc2)cc1Cl. The molecule has 4 heteroatoms. The topological polar surface area (TPSA) is 35.5 Å². The Kier molecular flexibility index (Phi) is 5.23. The number of halogens is 1. The summed E-state index contributed by atoms with van der Waals surface area (Å²) in [5, 5.41) is 0.335. The number of hydrogen-bond donors (Lipinski definition) is 0. The molecule has 2 rings (SSSR count). The van der Waals surface area contributed by atoms with E-state index in [0.717, 1.165) is 11.1 Å². The lowest BCUT2D eigenvalue weighted by molar-refractivity contribution is 0.0526. The van der Waals surface area contributed by atoms with Crippen LogP contribution in [0.1, 0.15) is 28.4 Å². The van der Waals surface area contributed by atoms with E-state index < -0.39 is 5.97 Å². The van der Waals surface area contributed by atoms with Crippen molar-refractivity contribution in [3.63, 3.8) is 0 Å². The van der Waals surface area contributed by atoms with E-state index in [1.807, 2.05) is 37.3 Å². The third kappa shape index (κ3) is 3.99. The summed E-state index contributed by atoms with van der Waals surface area (Å²) in [6.07, 6.45) is 0. The van der Waals surface area contributed by atoms with Crippen molar-refractivity contribution in [1.82, 2.24) is 0 Å². The van der Waals surface area contributed by atoms with E-state index >= 15 is 0 Å². The molecular formula is C17H17ClO3. The van der Waals surface area contributed by atoms with Crippen LogP contribution in [-0.4, -0.2) is 12.6 Å². The number of hydrogen-bond acceptors (Lipinski definition) is 3. The molecule has 0 radical (unpaired) electrons. The predicted molar refractivity (Wildman–Crippen MR) is 82.9 cm³/mol. The van der Waals surface area contributed by atoms with Crippen molar-refractivity contribution < 1.29 is 14.3 Å². The van der Waals surface area contributed by atoms with E-state index in [1.54, 1.807) is 19.1 Å². The second kappa shape index (κ2) is 7.14. The first-order chi connectivity index (χ1) is 10.1. The second-order valence-corrected chi connectivity index (χ2v) is 5.00. The first-order valence-electron chi connectivity index (χ1n) is 6.75. The molecule has 0 saturated carbocycles. The van der Waals surface area contributed by atoms with Crippen LogP contribution < -0.4 is 4.74 Å². The summed E-state index contributed by atoms with van der Waals surface area (Å²) in [4.78, 5) is 11.8. The average Bonchev–Trinajstić information content (AvgIpc) is 2.49. The quantitative estimate of drug-likeness (QED) is 0.768. The second-order valence-electron chi connectivity index (χ2n) is 4.59. The monoisotopic (exact) mass is 304 g/mol. The molecule has 0 atom stereocenters. The maximum Gasteiger partial charge on any atom is 0.339 e. The Morgan fingerprint density at radius 1 is 1.19 bits per heavy atom. The van der Waals surface area contributed by atoms with Gasteiger partial charge in [0.25, 0.3) is 0 Å². The van der Waals surface area contributed by atoms with Gasteiger partial charge in [0.15, 0.2) is 0 Å². The summed E-state index contributed by atoms with van der Waals surface area (Å²) in [7, 11) is 0. The molecule has 0 unspecified atom stereocenters. The lowest BCUT2D eigenvalue weighted by atomic mass is 10.1. The largest absolute Gasteiger partial charge is 0.489 e. The predicted octanol–water partition coefficient (Wildman–Crippen LogP) is 4.40. The Hall–Kier alpha value is -2.00. The number of ether oxygens (including phenoxy) is 2. The van der Waals surface area contributed by atoms with Gasteiger partial charge in [0, 0.05) is 0 Å². The molecule has 0 heterocycles. The van der Waals surface area contributed by atoms with Crippen molar-refractivity contribution in [1.29, 1.82) is 0 Å². The fourth-order valence-corrected chi connectivity index (χ4v) is 2.15. The van der Waals surface area contributed by atoms with Crippen LogP contribution in [0.2, 0.25) is 5.02 Å². The summed E-state index contributed by atoms with van der Waals surface area (Å²) in [6, 6.07) is 13.2. The molecule has 0 aliphatic heterocycles. The molecule has 0 saturated heterocycles. The Bertz CT molecular complexity index is 623. The highest BCUT2D eigenvalue weighted by molar-refractivity contribution is 6.33. The van der Waals surface area contributed by atoms with Crippen molar-refractivity contribution in [3.05, 3.63) is 64.2 Å². The molecule has 0 aliphatic rings. The average molecular weight is 305 g/mol. The highest BCUT2D eigenvalue weighted by Crippen LogP contribution is 2.28. The van der Waals surface area contributed by atoms with Gasteiger partial charge in [-0.3, -0.25) is 0 Å². The number of carbonyl (C=O) groups is 1. The molecule has 21 heavy (non-hydrogen) atoms. The van der Waals surface area contributed by atoms with Crippen LogP contribution >= 0.6 is 11.6 Å². The van der Waals surface area contributed by atoms with Crippen LogP contribution in [0.25, 0.3) is 0 Å². The maximum absolute atomic E-state index is 11.8. The summed E-state index contributed by atoms with van der Waals surface area (Å²) in [5.74, 6) is 0.247. The van der Waals surface area contributed by atoms with E-state index in [9.17, 15) is 4.79 Å². The molecule has 0 bridgehead atoms. The molecular weight excluding hydrogens is 288 g/mol. The summed E-state index contributed by atoms with van der Waals surface area (Å²) < 4.78 is 10.7. The molecule has 0 N–H and O–H groups in total. The number of carbonyl (C=O) groups excluding carboxylic acids is 1. The normalized spacial score (nSPS) is 10.2. The van der Waals surface area contributed by atoms with Crippen LogP contribution in [0.5, 0.6) is 5.75 Å². The van der Waals surface area contributed by atoms with E-state index in [0.29, 0.717) is 29.5 Å². The molecule has 0 amide bonds. The van der Waals surface area contributed by atoms with Crippen molar-refractivity contribution in [3.8, 4) is 5.75 Å². The summed E-state index contributed by atoms with van der Waals surface area (Å²) >= 11 is 6.13. The minimum atomic E-state index is -0.416. The van der Waals surface area contributed by atoms with Gasteiger partial charge in [-0.1, -0.05) is 41.9 Å². The van der Waals surface area contributed by atoms with Crippen LogP contribution in [0, 0.1) is 6.92 Å². The van der Waals surface area contributed by atoms with Crippen molar-refractivity contribution in [2.24, 2.45) is 0 Å². The third-order valence-corrected chi connectivity index (χ3v) is 3.31. The molecule has 0 aromatic heterocycles. The fraction of sp³-hybridized carbons (Fsp3) is 0.235. The van der Waals surface area contributed by atoms with Crippen LogP contribution in [0.15, 0.2) is 42.5 Å². The number of benzene rings is 2. The molecule has 0 spiro atoms. The molecule has 2 aromatic rings. The zero-order valence-corrected chi connectivity index (χ0v) is 12.8. The van der Waals surface area contributed by atoms with Gasteiger partial charge in [0.2, 0.25) is 0 Å². The van der Waals surface area contributed by atoms with Gasteiger partial charge in [-0.25, -0.2) is 4.79 Å². The van der Waals surface area contributed by atoms with Gasteiger partial charge < -0.3 is 9.47 Å². The van der Waals surface area contributed by atoms with Crippen LogP contribution in [0.3, 0.4) is 0 Å². The number of rotatable bonds is 5. The highest BCUT2D eigenvalue weighted by Gasteiger charge is 2.14. The minimum absolute atomic E-state index is 0.320. The Balaban J connectivity index is 2.14. The first-order valence-corrected chi connectivity index (χ1v) is 7.13. The minimum Gasteiger partial charge on any atom is -0.489 e. The van der Waals surface area contributed by atoms with E-state index in [2.05, 4.69) is 0 Å². The Morgan fingerprint density at radius 3 is 2.57 bits per heavy atom. The van der Waals surface area contributed by atoms with Crippen molar-refractivity contribution >= 4 is 17.6 Å². The third-order valence-electron chi connectivity index (χ3n) is 3.00. The Labute approximate surface area is 129 Å². The van der Waals surface area contributed by atoms with E-state index in [4.69, 9.17) is 21.1 Å². The molecule has 0 fully saturated rings. The van der Waals surface area contributed by atoms with Gasteiger partial charge >= 0.3 is 5.97 Å². The van der Waals surface area contributed by atoms with Gasteiger partial charge in [-0.2, -0.15) is 0 Å². The first kappa shape index (κ1) is 15.4. The smallest absolute Gasteiger partial charge is 0.339 e. The lowest BCUT2D eigenvalue weighted by Crippen LogP contribution is -2.06. The van der Waals surface area contributed by atoms with Crippen molar-refractivity contribution in [2.75, 3.05) is 6.61 Å². The highest BCUT2D eigenvalue weighted by atomic mass is 35.5. The fourth-order valence-electron chi connectivity index (χ4n) is 1.92. The van der Waals surface area contributed by atoms with Gasteiger partial charge in [-0.15, -0.1) is 0 Å². The Morgan fingerprint density at radius 2 is 1.90 bits per heavy atom. The number of esters is 1. The lowest BCUT2D eigenvalue weighted by Gasteiger charge is -2.12.